The third kappa shape index (κ3) is 2.50. The lowest BCUT2D eigenvalue weighted by molar-refractivity contribution is 0.151. The van der Waals surface area contributed by atoms with E-state index < -0.39 is 0 Å². The average molecular weight is 284 g/mol. The van der Waals surface area contributed by atoms with Crippen molar-refractivity contribution in [2.45, 2.75) is 37.2 Å². The van der Waals surface area contributed by atoms with Crippen molar-refractivity contribution in [1.29, 1.82) is 0 Å². The molecule has 1 heterocycles. The Bertz CT molecular complexity index is 600. The summed E-state index contributed by atoms with van der Waals surface area (Å²) in [6, 6.07) is 14.8. The van der Waals surface area contributed by atoms with Crippen molar-refractivity contribution in [3.8, 4) is 0 Å². The Labute approximate surface area is 125 Å². The first-order chi connectivity index (χ1) is 9.66. The number of thioether (sulfide) groups is 1. The van der Waals surface area contributed by atoms with Crippen LogP contribution >= 0.6 is 11.8 Å². The minimum atomic E-state index is -0.300. The zero-order valence-corrected chi connectivity index (χ0v) is 12.8. The number of aryl methyl sites for hydroxylation is 2. The molecule has 0 spiro atoms. The summed E-state index contributed by atoms with van der Waals surface area (Å²) in [7, 11) is 0. The van der Waals surface area contributed by atoms with Crippen LogP contribution in [0.4, 0.5) is 0 Å². The van der Waals surface area contributed by atoms with E-state index >= 15 is 0 Å². The summed E-state index contributed by atoms with van der Waals surface area (Å²) < 4.78 is 0. The zero-order valence-electron chi connectivity index (χ0n) is 12.0. The van der Waals surface area contributed by atoms with Crippen LogP contribution in [0.15, 0.2) is 47.4 Å². The average Bonchev–Trinajstić information content (AvgIpc) is 2.87. The minimum Gasteiger partial charge on any atom is -0.392 e. The molecule has 2 atom stereocenters. The number of benzene rings is 2. The van der Waals surface area contributed by atoms with Crippen LogP contribution in [0.2, 0.25) is 0 Å². The molecule has 1 nitrogen and oxygen atoms in total. The van der Waals surface area contributed by atoms with Gasteiger partial charge in [-0.3, -0.25) is 0 Å². The van der Waals surface area contributed by atoms with Gasteiger partial charge in [0.25, 0.3) is 0 Å². The molecule has 1 aliphatic heterocycles. The summed E-state index contributed by atoms with van der Waals surface area (Å²) >= 11 is 1.86. The van der Waals surface area contributed by atoms with E-state index in [0.717, 1.165) is 12.2 Å². The Hall–Kier alpha value is -1.25. The highest BCUT2D eigenvalue weighted by Crippen LogP contribution is 2.41. The fourth-order valence-electron chi connectivity index (χ4n) is 3.03. The monoisotopic (exact) mass is 284 g/mol. The molecule has 2 unspecified atom stereocenters. The second-order valence-electron chi connectivity index (χ2n) is 5.60. The van der Waals surface area contributed by atoms with Crippen LogP contribution in [0.25, 0.3) is 0 Å². The molecule has 2 heteroatoms. The van der Waals surface area contributed by atoms with Crippen molar-refractivity contribution in [2.24, 2.45) is 0 Å². The molecule has 1 aliphatic rings. The molecular formula is C18H20OS. The van der Waals surface area contributed by atoms with Crippen LogP contribution in [0.5, 0.6) is 0 Å². The molecule has 0 saturated heterocycles. The lowest BCUT2D eigenvalue weighted by Crippen LogP contribution is -2.22. The quantitative estimate of drug-likeness (QED) is 0.916. The molecule has 20 heavy (non-hydrogen) atoms. The third-order valence-corrected chi connectivity index (χ3v) is 5.47. The SMILES string of the molecule is Cc1cccc(C)c1CC(O)C1CSc2ccccc21. The van der Waals surface area contributed by atoms with Gasteiger partial charge in [-0.25, -0.2) is 0 Å². The van der Waals surface area contributed by atoms with E-state index in [4.69, 9.17) is 0 Å². The Balaban J connectivity index is 1.83. The van der Waals surface area contributed by atoms with Crippen LogP contribution in [0, 0.1) is 13.8 Å². The van der Waals surface area contributed by atoms with Crippen LogP contribution < -0.4 is 0 Å². The van der Waals surface area contributed by atoms with E-state index in [2.05, 4.69) is 56.3 Å². The van der Waals surface area contributed by atoms with Gasteiger partial charge >= 0.3 is 0 Å². The van der Waals surface area contributed by atoms with E-state index in [1.165, 1.54) is 27.1 Å². The van der Waals surface area contributed by atoms with Crippen molar-refractivity contribution in [3.05, 3.63) is 64.7 Å². The number of hydrogen-bond donors (Lipinski definition) is 1. The standard InChI is InChI=1S/C18H20OS/c1-12-6-5-7-13(2)15(12)10-17(19)16-11-20-18-9-4-3-8-14(16)18/h3-9,16-17,19H,10-11H2,1-2H3. The molecule has 0 aliphatic carbocycles. The molecule has 0 bridgehead atoms. The predicted molar refractivity (Wildman–Crippen MR) is 85.5 cm³/mol. The molecule has 0 saturated carbocycles. The molecule has 2 aromatic rings. The first-order valence-corrected chi connectivity index (χ1v) is 8.10. The van der Waals surface area contributed by atoms with Crippen LogP contribution in [-0.2, 0) is 6.42 Å². The summed E-state index contributed by atoms with van der Waals surface area (Å²) in [5.74, 6) is 1.25. The van der Waals surface area contributed by atoms with Crippen molar-refractivity contribution < 1.29 is 5.11 Å². The first kappa shape index (κ1) is 13.7. The van der Waals surface area contributed by atoms with E-state index in [0.29, 0.717) is 0 Å². The highest BCUT2D eigenvalue weighted by Gasteiger charge is 2.29. The predicted octanol–water partition coefficient (Wildman–Crippen LogP) is 4.10. The van der Waals surface area contributed by atoms with Gasteiger partial charge in [0.1, 0.15) is 0 Å². The maximum atomic E-state index is 10.7. The third-order valence-electron chi connectivity index (χ3n) is 4.26. The minimum absolute atomic E-state index is 0.259. The van der Waals surface area contributed by atoms with Crippen molar-refractivity contribution >= 4 is 11.8 Å². The van der Waals surface area contributed by atoms with Gasteiger partial charge < -0.3 is 5.11 Å². The molecule has 1 N–H and O–H groups in total. The molecule has 104 valence electrons. The summed E-state index contributed by atoms with van der Waals surface area (Å²) in [5.41, 5.74) is 5.18. The van der Waals surface area contributed by atoms with Gasteiger partial charge in [0.2, 0.25) is 0 Å². The molecule has 0 fully saturated rings. The maximum absolute atomic E-state index is 10.7. The van der Waals surface area contributed by atoms with Gasteiger partial charge in [0.05, 0.1) is 6.10 Å². The van der Waals surface area contributed by atoms with E-state index in [1.54, 1.807) is 0 Å². The second-order valence-corrected chi connectivity index (χ2v) is 6.66. The lowest BCUT2D eigenvalue weighted by Gasteiger charge is -2.20. The summed E-state index contributed by atoms with van der Waals surface area (Å²) in [4.78, 5) is 1.33. The summed E-state index contributed by atoms with van der Waals surface area (Å²) in [6.07, 6.45) is 0.448. The number of aliphatic hydroxyl groups excluding tert-OH is 1. The number of hydrogen-bond acceptors (Lipinski definition) is 2. The maximum Gasteiger partial charge on any atom is 0.0657 e. The van der Waals surface area contributed by atoms with Gasteiger partial charge in [-0.2, -0.15) is 0 Å². The fraction of sp³-hybridized carbons (Fsp3) is 0.333. The van der Waals surface area contributed by atoms with Crippen LogP contribution in [0.1, 0.15) is 28.2 Å². The van der Waals surface area contributed by atoms with Gasteiger partial charge in [0.15, 0.2) is 0 Å². The molecular weight excluding hydrogens is 264 g/mol. The Morgan fingerprint density at radius 2 is 1.80 bits per heavy atom. The smallest absolute Gasteiger partial charge is 0.0657 e. The van der Waals surface area contributed by atoms with Gasteiger partial charge in [-0.1, -0.05) is 36.4 Å². The molecule has 2 aromatic carbocycles. The lowest BCUT2D eigenvalue weighted by atomic mass is 9.88. The second kappa shape index (κ2) is 5.63. The largest absolute Gasteiger partial charge is 0.392 e. The highest BCUT2D eigenvalue weighted by atomic mass is 32.2. The number of fused-ring (bicyclic) bond motifs is 1. The molecule has 0 aromatic heterocycles. The van der Waals surface area contributed by atoms with Gasteiger partial charge in [0, 0.05) is 16.6 Å². The Kier molecular flexibility index (Phi) is 3.86. The van der Waals surface area contributed by atoms with Gasteiger partial charge in [-0.15, -0.1) is 11.8 Å². The molecule has 0 amide bonds. The van der Waals surface area contributed by atoms with E-state index in [9.17, 15) is 5.11 Å². The normalized spacial score (nSPS) is 18.9. The zero-order chi connectivity index (χ0) is 14.1. The van der Waals surface area contributed by atoms with E-state index in [1.807, 2.05) is 11.8 Å². The fourth-order valence-corrected chi connectivity index (χ4v) is 4.35. The molecule has 0 radical (unpaired) electrons. The van der Waals surface area contributed by atoms with Crippen molar-refractivity contribution in [2.75, 3.05) is 5.75 Å². The van der Waals surface area contributed by atoms with Crippen molar-refractivity contribution in [3.63, 3.8) is 0 Å². The Morgan fingerprint density at radius 3 is 2.55 bits per heavy atom. The van der Waals surface area contributed by atoms with Crippen LogP contribution in [-0.4, -0.2) is 17.0 Å². The topological polar surface area (TPSA) is 20.2 Å². The summed E-state index contributed by atoms with van der Waals surface area (Å²) in [5, 5.41) is 10.7. The number of rotatable bonds is 3. The van der Waals surface area contributed by atoms with Crippen LogP contribution in [0.3, 0.4) is 0 Å². The van der Waals surface area contributed by atoms with Crippen molar-refractivity contribution in [1.82, 2.24) is 0 Å². The Morgan fingerprint density at radius 1 is 1.10 bits per heavy atom. The van der Waals surface area contributed by atoms with Gasteiger partial charge in [-0.05, 0) is 48.6 Å². The highest BCUT2D eigenvalue weighted by molar-refractivity contribution is 7.99. The summed E-state index contributed by atoms with van der Waals surface area (Å²) in [6.45, 7) is 4.26. The molecule has 3 rings (SSSR count). The first-order valence-electron chi connectivity index (χ1n) is 7.11. The number of aliphatic hydroxyl groups is 1. The van der Waals surface area contributed by atoms with E-state index in [-0.39, 0.29) is 12.0 Å².